The van der Waals surface area contributed by atoms with Crippen LogP contribution < -0.4 is 5.32 Å². The van der Waals surface area contributed by atoms with Crippen LogP contribution in [0.25, 0.3) is 10.9 Å². The molecule has 0 aliphatic heterocycles. The predicted octanol–water partition coefficient (Wildman–Crippen LogP) is 4.47. The largest absolute Gasteiger partial charge is 0.337 e. The Morgan fingerprint density at radius 2 is 2.00 bits per heavy atom. The number of aryl methyl sites for hydroxylation is 1. The summed E-state index contributed by atoms with van der Waals surface area (Å²) in [5.74, 6) is -0.346. The summed E-state index contributed by atoms with van der Waals surface area (Å²) in [5, 5.41) is 4.18. The molecule has 20 heavy (non-hydrogen) atoms. The van der Waals surface area contributed by atoms with Gasteiger partial charge < -0.3 is 5.32 Å². The second kappa shape index (κ2) is 5.06. The molecule has 1 N–H and O–H groups in total. The summed E-state index contributed by atoms with van der Waals surface area (Å²) >= 11 is 5.70. The van der Waals surface area contributed by atoms with Gasteiger partial charge in [0.25, 0.3) is 0 Å². The molecule has 2 aromatic heterocycles. The van der Waals surface area contributed by atoms with E-state index in [9.17, 15) is 4.39 Å². The lowest BCUT2D eigenvalue weighted by atomic mass is 10.1. The molecule has 0 aliphatic carbocycles. The van der Waals surface area contributed by atoms with E-state index >= 15 is 0 Å². The van der Waals surface area contributed by atoms with Crippen LogP contribution in [0, 0.1) is 12.7 Å². The van der Waals surface area contributed by atoms with Crippen molar-refractivity contribution in [3.63, 3.8) is 0 Å². The first-order valence-corrected chi connectivity index (χ1v) is 6.46. The highest BCUT2D eigenvalue weighted by atomic mass is 35.5. The first-order chi connectivity index (χ1) is 9.63. The number of aromatic nitrogens is 2. The number of halogens is 2. The molecule has 0 saturated heterocycles. The van der Waals surface area contributed by atoms with Gasteiger partial charge in [0.05, 0.1) is 16.2 Å². The number of hydrogen-bond donors (Lipinski definition) is 1. The molecule has 3 rings (SSSR count). The molecule has 0 spiro atoms. The maximum Gasteiger partial charge on any atom is 0.167 e. The highest BCUT2D eigenvalue weighted by molar-refractivity contribution is 6.30. The highest BCUT2D eigenvalue weighted by Crippen LogP contribution is 2.27. The number of rotatable bonds is 2. The first-order valence-electron chi connectivity index (χ1n) is 6.08. The minimum Gasteiger partial charge on any atom is -0.337 e. The van der Waals surface area contributed by atoms with Crippen molar-refractivity contribution in [3.8, 4) is 0 Å². The number of fused-ring (bicyclic) bond motifs is 1. The molecule has 0 saturated carbocycles. The second-order valence-electron chi connectivity index (χ2n) is 4.44. The molecular formula is C15H11ClFN3. The number of nitrogens with zero attached hydrogens (tertiary/aromatic N) is 2. The maximum absolute atomic E-state index is 13.8. The third-order valence-corrected chi connectivity index (χ3v) is 3.11. The Balaban J connectivity index is 2.10. The van der Waals surface area contributed by atoms with E-state index < -0.39 is 5.82 Å². The molecular weight excluding hydrogens is 277 g/mol. The monoisotopic (exact) mass is 287 g/mol. The molecule has 0 amide bonds. The van der Waals surface area contributed by atoms with Crippen LogP contribution in [0.4, 0.5) is 15.9 Å². The highest BCUT2D eigenvalue weighted by Gasteiger charge is 2.08. The van der Waals surface area contributed by atoms with Crippen LogP contribution >= 0.6 is 11.6 Å². The lowest BCUT2D eigenvalue weighted by Crippen LogP contribution is -1.99. The van der Waals surface area contributed by atoms with E-state index in [1.54, 1.807) is 0 Å². The summed E-state index contributed by atoms with van der Waals surface area (Å²) in [6, 6.07) is 10.8. The quantitative estimate of drug-likeness (QED) is 0.755. The van der Waals surface area contributed by atoms with Crippen LogP contribution in [0.15, 0.2) is 42.6 Å². The number of pyridine rings is 2. The van der Waals surface area contributed by atoms with Gasteiger partial charge in [0.1, 0.15) is 0 Å². The summed E-state index contributed by atoms with van der Waals surface area (Å²) in [4.78, 5) is 8.41. The fourth-order valence-electron chi connectivity index (χ4n) is 2.05. The summed E-state index contributed by atoms with van der Waals surface area (Å²) in [6.45, 7) is 1.89. The van der Waals surface area contributed by atoms with Crippen molar-refractivity contribution in [2.75, 3.05) is 5.32 Å². The molecule has 0 bridgehead atoms. The average molecular weight is 288 g/mol. The van der Waals surface area contributed by atoms with Gasteiger partial charge in [-0.3, -0.25) is 4.98 Å². The molecule has 0 atom stereocenters. The number of benzene rings is 1. The van der Waals surface area contributed by atoms with Crippen LogP contribution in [0.3, 0.4) is 0 Å². The van der Waals surface area contributed by atoms with Crippen molar-refractivity contribution >= 4 is 34.0 Å². The van der Waals surface area contributed by atoms with E-state index in [0.717, 1.165) is 22.3 Å². The Hall–Kier alpha value is -2.20. The van der Waals surface area contributed by atoms with Crippen molar-refractivity contribution < 1.29 is 4.39 Å². The van der Waals surface area contributed by atoms with E-state index in [1.165, 1.54) is 12.3 Å². The Kier molecular flexibility index (Phi) is 3.24. The average Bonchev–Trinajstić information content (AvgIpc) is 2.41. The van der Waals surface area contributed by atoms with E-state index in [1.807, 2.05) is 37.3 Å². The van der Waals surface area contributed by atoms with Crippen molar-refractivity contribution in [3.05, 3.63) is 59.1 Å². The number of anilines is 2. The van der Waals surface area contributed by atoms with E-state index in [4.69, 9.17) is 11.6 Å². The number of para-hydroxylation sites is 1. The lowest BCUT2D eigenvalue weighted by Gasteiger charge is -2.10. The maximum atomic E-state index is 13.8. The van der Waals surface area contributed by atoms with Crippen LogP contribution in [-0.4, -0.2) is 9.97 Å². The van der Waals surface area contributed by atoms with Gasteiger partial charge in [-0.1, -0.05) is 29.8 Å². The predicted molar refractivity (Wildman–Crippen MR) is 79.0 cm³/mol. The van der Waals surface area contributed by atoms with Gasteiger partial charge in [0.15, 0.2) is 11.6 Å². The Labute approximate surface area is 120 Å². The third kappa shape index (κ3) is 2.42. The zero-order valence-corrected chi connectivity index (χ0v) is 11.4. The molecule has 0 aliphatic rings. The van der Waals surface area contributed by atoms with Gasteiger partial charge in [0, 0.05) is 17.3 Å². The normalized spacial score (nSPS) is 10.8. The molecule has 3 nitrogen and oxygen atoms in total. The van der Waals surface area contributed by atoms with Crippen molar-refractivity contribution in [2.45, 2.75) is 6.92 Å². The van der Waals surface area contributed by atoms with E-state index in [-0.39, 0.29) is 10.8 Å². The zero-order valence-electron chi connectivity index (χ0n) is 10.7. The standard InChI is InChI=1S/C15H11ClFN3/c1-9-6-14(11-4-2-3-5-13(11)19-9)20-15-12(17)7-10(16)8-18-15/h2-8H,1H3,(H,18,19,20). The third-order valence-electron chi connectivity index (χ3n) is 2.91. The Morgan fingerprint density at radius 1 is 1.20 bits per heavy atom. The van der Waals surface area contributed by atoms with Crippen LogP contribution in [0.2, 0.25) is 5.02 Å². The van der Waals surface area contributed by atoms with Gasteiger partial charge in [-0.15, -0.1) is 0 Å². The summed E-state index contributed by atoms with van der Waals surface area (Å²) < 4.78 is 13.8. The smallest absolute Gasteiger partial charge is 0.167 e. The van der Waals surface area contributed by atoms with Crippen molar-refractivity contribution in [2.24, 2.45) is 0 Å². The molecule has 2 heterocycles. The summed E-state index contributed by atoms with van der Waals surface area (Å²) in [6.07, 6.45) is 1.41. The number of nitrogens with one attached hydrogen (secondary N) is 1. The molecule has 0 radical (unpaired) electrons. The SMILES string of the molecule is Cc1cc(Nc2ncc(Cl)cc2F)c2ccccc2n1. The molecule has 100 valence electrons. The molecule has 0 unspecified atom stereocenters. The lowest BCUT2D eigenvalue weighted by molar-refractivity contribution is 0.626. The Bertz CT molecular complexity index is 789. The van der Waals surface area contributed by atoms with Gasteiger partial charge in [-0.05, 0) is 25.1 Å². The first kappa shape index (κ1) is 12.8. The van der Waals surface area contributed by atoms with Crippen molar-refractivity contribution in [1.29, 1.82) is 0 Å². The second-order valence-corrected chi connectivity index (χ2v) is 4.87. The fraction of sp³-hybridized carbons (Fsp3) is 0.0667. The molecule has 0 fully saturated rings. The van der Waals surface area contributed by atoms with Crippen molar-refractivity contribution in [1.82, 2.24) is 9.97 Å². The molecule has 1 aromatic carbocycles. The van der Waals surface area contributed by atoms with Gasteiger partial charge in [-0.25, -0.2) is 9.37 Å². The fourth-order valence-corrected chi connectivity index (χ4v) is 2.19. The van der Waals surface area contributed by atoms with Crippen LogP contribution in [0.5, 0.6) is 0 Å². The van der Waals surface area contributed by atoms with Crippen LogP contribution in [0.1, 0.15) is 5.69 Å². The summed E-state index contributed by atoms with van der Waals surface area (Å²) in [5.41, 5.74) is 2.46. The number of hydrogen-bond acceptors (Lipinski definition) is 3. The van der Waals surface area contributed by atoms with E-state index in [2.05, 4.69) is 15.3 Å². The van der Waals surface area contributed by atoms with Gasteiger partial charge in [0.2, 0.25) is 0 Å². The summed E-state index contributed by atoms with van der Waals surface area (Å²) in [7, 11) is 0. The Morgan fingerprint density at radius 3 is 2.80 bits per heavy atom. The van der Waals surface area contributed by atoms with Gasteiger partial charge in [-0.2, -0.15) is 0 Å². The zero-order chi connectivity index (χ0) is 14.1. The van der Waals surface area contributed by atoms with E-state index in [0.29, 0.717) is 0 Å². The minimum absolute atomic E-state index is 0.144. The van der Waals surface area contributed by atoms with Gasteiger partial charge >= 0.3 is 0 Å². The molecule has 5 heteroatoms. The topological polar surface area (TPSA) is 37.8 Å². The minimum atomic E-state index is -0.490. The van der Waals surface area contributed by atoms with Crippen LogP contribution in [-0.2, 0) is 0 Å². The molecule has 3 aromatic rings.